The molecule has 2 aromatic heterocycles. The van der Waals surface area contributed by atoms with Gasteiger partial charge in [-0.1, -0.05) is 29.8 Å². The summed E-state index contributed by atoms with van der Waals surface area (Å²) in [7, 11) is 1.63. The zero-order valence-corrected chi connectivity index (χ0v) is 15.8. The molecule has 0 bridgehead atoms. The first-order valence-electron chi connectivity index (χ1n) is 8.54. The van der Waals surface area contributed by atoms with Gasteiger partial charge in [0, 0.05) is 36.3 Å². The summed E-state index contributed by atoms with van der Waals surface area (Å²) in [5.74, 6) is 0.512. The minimum atomic E-state index is -0.210. The van der Waals surface area contributed by atoms with E-state index in [4.69, 9.17) is 16.3 Å². The highest BCUT2D eigenvalue weighted by Gasteiger charge is 2.25. The molecule has 6 heteroatoms. The normalized spacial score (nSPS) is 12.3. The van der Waals surface area contributed by atoms with Crippen LogP contribution in [0, 0.1) is 0 Å². The Bertz CT molecular complexity index is 920. The van der Waals surface area contributed by atoms with Crippen LogP contribution in [0.15, 0.2) is 48.8 Å². The molecular formula is C20H22ClN3O2. The number of aromatic nitrogens is 2. The van der Waals surface area contributed by atoms with Crippen LogP contribution in [-0.2, 0) is 4.79 Å². The van der Waals surface area contributed by atoms with Gasteiger partial charge in [-0.15, -0.1) is 0 Å². The molecule has 0 saturated carbocycles. The molecule has 3 rings (SSSR count). The van der Waals surface area contributed by atoms with E-state index in [2.05, 4.69) is 10.3 Å². The van der Waals surface area contributed by atoms with Gasteiger partial charge in [-0.25, -0.2) is 4.98 Å². The van der Waals surface area contributed by atoms with Crippen molar-refractivity contribution in [2.24, 2.45) is 0 Å². The summed E-state index contributed by atoms with van der Waals surface area (Å²) in [6.07, 6.45) is 3.91. The smallest absolute Gasteiger partial charge is 0.221 e. The second kappa shape index (κ2) is 7.79. The van der Waals surface area contributed by atoms with E-state index in [1.54, 1.807) is 19.4 Å². The number of fused-ring (bicyclic) bond motifs is 1. The number of carbonyl (C=O) groups is 1. The van der Waals surface area contributed by atoms with Crippen LogP contribution in [0.5, 0.6) is 5.75 Å². The third-order valence-corrected chi connectivity index (χ3v) is 4.43. The Kier molecular flexibility index (Phi) is 5.47. The molecule has 1 unspecified atom stereocenters. The van der Waals surface area contributed by atoms with Gasteiger partial charge in [0.1, 0.15) is 11.4 Å². The zero-order valence-electron chi connectivity index (χ0n) is 15.1. The number of ether oxygens (including phenoxy) is 1. The van der Waals surface area contributed by atoms with E-state index in [1.165, 1.54) is 0 Å². The standard InChI is InChI=1S/C20H22ClN3O2/c1-13(2)23-20(25)10-16(15-6-4-5-7-18(15)26-3)17-11-22-19-9-8-14(21)12-24(17)19/h4-9,11-13,16H,10H2,1-3H3,(H,23,25). The monoisotopic (exact) mass is 371 g/mol. The second-order valence-electron chi connectivity index (χ2n) is 6.48. The predicted molar refractivity (Wildman–Crippen MR) is 103 cm³/mol. The van der Waals surface area contributed by atoms with Crippen LogP contribution in [0.3, 0.4) is 0 Å². The number of amides is 1. The average Bonchev–Trinajstić information content (AvgIpc) is 3.02. The molecule has 2 heterocycles. The Hall–Kier alpha value is -2.53. The number of para-hydroxylation sites is 1. The molecule has 1 atom stereocenters. The van der Waals surface area contributed by atoms with Gasteiger partial charge >= 0.3 is 0 Å². The van der Waals surface area contributed by atoms with Crippen molar-refractivity contribution in [3.8, 4) is 5.75 Å². The van der Waals surface area contributed by atoms with Crippen molar-refractivity contribution < 1.29 is 9.53 Å². The van der Waals surface area contributed by atoms with Crippen molar-refractivity contribution >= 4 is 23.2 Å². The first-order valence-corrected chi connectivity index (χ1v) is 8.92. The number of hydrogen-bond acceptors (Lipinski definition) is 3. The largest absolute Gasteiger partial charge is 0.496 e. The molecule has 1 aromatic carbocycles. The highest BCUT2D eigenvalue weighted by Crippen LogP contribution is 2.35. The van der Waals surface area contributed by atoms with E-state index in [1.807, 2.05) is 54.8 Å². The van der Waals surface area contributed by atoms with Crippen LogP contribution >= 0.6 is 11.6 Å². The average molecular weight is 372 g/mol. The van der Waals surface area contributed by atoms with Gasteiger partial charge in [0.25, 0.3) is 0 Å². The van der Waals surface area contributed by atoms with Crippen molar-refractivity contribution in [3.05, 3.63) is 65.1 Å². The van der Waals surface area contributed by atoms with E-state index in [-0.39, 0.29) is 17.9 Å². The molecule has 0 fully saturated rings. The van der Waals surface area contributed by atoms with E-state index in [9.17, 15) is 4.79 Å². The van der Waals surface area contributed by atoms with E-state index in [0.717, 1.165) is 22.7 Å². The number of nitrogens with one attached hydrogen (secondary N) is 1. The Labute approximate surface area is 158 Å². The third-order valence-electron chi connectivity index (χ3n) is 4.21. The fraction of sp³-hybridized carbons (Fsp3) is 0.300. The summed E-state index contributed by atoms with van der Waals surface area (Å²) >= 11 is 6.18. The molecule has 0 spiro atoms. The van der Waals surface area contributed by atoms with Crippen LogP contribution in [0.2, 0.25) is 5.02 Å². The quantitative estimate of drug-likeness (QED) is 0.711. The summed E-state index contributed by atoms with van der Waals surface area (Å²) in [4.78, 5) is 17.0. The Balaban J connectivity index is 2.10. The number of nitrogens with zero attached hydrogens (tertiary/aromatic N) is 2. The van der Waals surface area contributed by atoms with Gasteiger partial charge in [-0.05, 0) is 32.0 Å². The molecule has 0 aliphatic rings. The molecular weight excluding hydrogens is 350 g/mol. The topological polar surface area (TPSA) is 55.6 Å². The fourth-order valence-electron chi connectivity index (χ4n) is 3.13. The molecule has 0 radical (unpaired) electrons. The lowest BCUT2D eigenvalue weighted by Crippen LogP contribution is -2.31. The van der Waals surface area contributed by atoms with Crippen molar-refractivity contribution in [1.82, 2.24) is 14.7 Å². The molecule has 0 saturated heterocycles. The molecule has 3 aromatic rings. The summed E-state index contributed by atoms with van der Waals surface area (Å²) in [6.45, 7) is 3.90. The van der Waals surface area contributed by atoms with Crippen LogP contribution in [0.1, 0.15) is 37.4 Å². The number of benzene rings is 1. The van der Waals surface area contributed by atoms with Crippen LogP contribution in [-0.4, -0.2) is 28.4 Å². The van der Waals surface area contributed by atoms with Gasteiger partial charge < -0.3 is 14.5 Å². The molecule has 1 amide bonds. The highest BCUT2D eigenvalue weighted by molar-refractivity contribution is 6.30. The molecule has 0 aliphatic carbocycles. The van der Waals surface area contributed by atoms with Crippen molar-refractivity contribution in [2.45, 2.75) is 32.2 Å². The van der Waals surface area contributed by atoms with Crippen LogP contribution < -0.4 is 10.1 Å². The van der Waals surface area contributed by atoms with E-state index >= 15 is 0 Å². The second-order valence-corrected chi connectivity index (χ2v) is 6.92. The lowest BCUT2D eigenvalue weighted by Gasteiger charge is -2.20. The van der Waals surface area contributed by atoms with Crippen LogP contribution in [0.4, 0.5) is 0 Å². The molecule has 26 heavy (non-hydrogen) atoms. The van der Waals surface area contributed by atoms with Gasteiger partial charge in [0.05, 0.1) is 17.8 Å². The summed E-state index contributed by atoms with van der Waals surface area (Å²) < 4.78 is 7.47. The first-order chi connectivity index (χ1) is 12.5. The Morgan fingerprint density at radius 2 is 2.04 bits per heavy atom. The first kappa shape index (κ1) is 18.3. The van der Waals surface area contributed by atoms with Crippen molar-refractivity contribution in [2.75, 3.05) is 7.11 Å². The number of hydrogen-bond donors (Lipinski definition) is 1. The lowest BCUT2D eigenvalue weighted by atomic mass is 9.91. The number of methoxy groups -OCH3 is 1. The molecule has 136 valence electrons. The number of imidazole rings is 1. The zero-order chi connectivity index (χ0) is 18.7. The van der Waals surface area contributed by atoms with E-state index < -0.39 is 0 Å². The molecule has 1 N–H and O–H groups in total. The Morgan fingerprint density at radius 3 is 2.77 bits per heavy atom. The van der Waals surface area contributed by atoms with Gasteiger partial charge in [-0.3, -0.25) is 4.79 Å². The van der Waals surface area contributed by atoms with Crippen molar-refractivity contribution in [3.63, 3.8) is 0 Å². The number of pyridine rings is 1. The SMILES string of the molecule is COc1ccccc1C(CC(=O)NC(C)C)c1cnc2ccc(Cl)cn12. The van der Waals surface area contributed by atoms with Gasteiger partial charge in [0.15, 0.2) is 0 Å². The third kappa shape index (κ3) is 3.83. The number of rotatable bonds is 6. The number of halogens is 1. The van der Waals surface area contributed by atoms with E-state index in [0.29, 0.717) is 11.4 Å². The highest BCUT2D eigenvalue weighted by atomic mass is 35.5. The Morgan fingerprint density at radius 1 is 1.27 bits per heavy atom. The maximum atomic E-state index is 12.5. The van der Waals surface area contributed by atoms with Crippen molar-refractivity contribution in [1.29, 1.82) is 0 Å². The minimum Gasteiger partial charge on any atom is -0.496 e. The summed E-state index contributed by atoms with van der Waals surface area (Å²) in [5, 5.41) is 3.58. The fourth-order valence-corrected chi connectivity index (χ4v) is 3.29. The lowest BCUT2D eigenvalue weighted by molar-refractivity contribution is -0.121. The molecule has 0 aliphatic heterocycles. The maximum Gasteiger partial charge on any atom is 0.221 e. The summed E-state index contributed by atoms with van der Waals surface area (Å²) in [5.41, 5.74) is 2.62. The van der Waals surface area contributed by atoms with Gasteiger partial charge in [-0.2, -0.15) is 0 Å². The predicted octanol–water partition coefficient (Wildman–Crippen LogP) is 4.04. The minimum absolute atomic E-state index is 0.0205. The number of carbonyl (C=O) groups excluding carboxylic acids is 1. The molecule has 5 nitrogen and oxygen atoms in total. The van der Waals surface area contributed by atoms with Crippen LogP contribution in [0.25, 0.3) is 5.65 Å². The van der Waals surface area contributed by atoms with Gasteiger partial charge in [0.2, 0.25) is 5.91 Å². The summed E-state index contributed by atoms with van der Waals surface area (Å²) in [6, 6.07) is 11.5. The maximum absolute atomic E-state index is 12.5.